The van der Waals surface area contributed by atoms with E-state index in [0.29, 0.717) is 11.6 Å². The molecule has 1 aromatic rings. The number of aliphatic hydroxyl groups is 1. The largest absolute Gasteiger partial charge is 0.392 e. The summed E-state index contributed by atoms with van der Waals surface area (Å²) >= 11 is 9.34. The Morgan fingerprint density at radius 2 is 2.27 bits per heavy atom. The maximum Gasteiger partial charge on any atom is 0.0757 e. The summed E-state index contributed by atoms with van der Waals surface area (Å²) in [7, 11) is 0. The number of hydrogen-bond acceptors (Lipinski definition) is 3. The van der Waals surface area contributed by atoms with E-state index < -0.39 is 0 Å². The van der Waals surface area contributed by atoms with Crippen LogP contribution in [0.3, 0.4) is 0 Å². The lowest BCUT2D eigenvalue weighted by Gasteiger charge is -2.15. The molecule has 3 nitrogen and oxygen atoms in total. The first-order valence-electron chi connectivity index (χ1n) is 4.73. The molecule has 0 aliphatic rings. The standard InChI is InChI=1S/C10H14BrClN2O/c1-6(15)4-13-7(2)10-9(12)3-8(11)5-14-10/h3,5-7,13,15H,4H2,1-2H3/t6-,7?/m0/s1. The van der Waals surface area contributed by atoms with Crippen LogP contribution in [0, 0.1) is 0 Å². The Labute approximate surface area is 103 Å². The molecule has 0 amide bonds. The number of rotatable bonds is 4. The summed E-state index contributed by atoms with van der Waals surface area (Å²) in [5, 5.41) is 12.9. The van der Waals surface area contributed by atoms with Crippen molar-refractivity contribution in [3.8, 4) is 0 Å². The van der Waals surface area contributed by atoms with Gasteiger partial charge < -0.3 is 10.4 Å². The summed E-state index contributed by atoms with van der Waals surface area (Å²) in [6, 6.07) is 1.84. The lowest BCUT2D eigenvalue weighted by atomic mass is 10.2. The average Bonchev–Trinajstić information content (AvgIpc) is 2.14. The quantitative estimate of drug-likeness (QED) is 0.897. The highest BCUT2D eigenvalue weighted by Gasteiger charge is 2.11. The van der Waals surface area contributed by atoms with E-state index in [-0.39, 0.29) is 12.1 Å². The lowest BCUT2D eigenvalue weighted by Crippen LogP contribution is -2.27. The fourth-order valence-electron chi connectivity index (χ4n) is 1.19. The maximum atomic E-state index is 9.14. The van der Waals surface area contributed by atoms with Crippen molar-refractivity contribution in [3.05, 3.63) is 27.5 Å². The molecule has 5 heteroatoms. The van der Waals surface area contributed by atoms with Gasteiger partial charge in [0.25, 0.3) is 0 Å². The first kappa shape index (κ1) is 12.9. The topological polar surface area (TPSA) is 45.1 Å². The molecule has 1 unspecified atom stereocenters. The summed E-state index contributed by atoms with van der Waals surface area (Å²) < 4.78 is 0.860. The van der Waals surface area contributed by atoms with Crippen LogP contribution in [0.5, 0.6) is 0 Å². The zero-order chi connectivity index (χ0) is 11.4. The van der Waals surface area contributed by atoms with Gasteiger partial charge >= 0.3 is 0 Å². The fourth-order valence-corrected chi connectivity index (χ4v) is 1.98. The van der Waals surface area contributed by atoms with Crippen molar-refractivity contribution >= 4 is 27.5 Å². The molecule has 0 saturated carbocycles. The van der Waals surface area contributed by atoms with Crippen molar-refractivity contribution in [1.82, 2.24) is 10.3 Å². The molecule has 0 radical (unpaired) electrons. The summed E-state index contributed by atoms with van der Waals surface area (Å²) in [6.45, 7) is 4.22. The van der Waals surface area contributed by atoms with Crippen molar-refractivity contribution in [1.29, 1.82) is 0 Å². The first-order valence-corrected chi connectivity index (χ1v) is 5.90. The second-order valence-corrected chi connectivity index (χ2v) is 4.82. The molecule has 1 aromatic heterocycles. The minimum absolute atomic E-state index is 0.0280. The highest BCUT2D eigenvalue weighted by atomic mass is 79.9. The van der Waals surface area contributed by atoms with Gasteiger partial charge in [0, 0.05) is 23.3 Å². The van der Waals surface area contributed by atoms with Gasteiger partial charge in [0.05, 0.1) is 16.8 Å². The van der Waals surface area contributed by atoms with Crippen LogP contribution in [-0.4, -0.2) is 22.7 Å². The monoisotopic (exact) mass is 292 g/mol. The second-order valence-electron chi connectivity index (χ2n) is 3.50. The minimum atomic E-state index is -0.373. The number of hydrogen-bond donors (Lipinski definition) is 2. The molecule has 1 rings (SSSR count). The number of pyridine rings is 1. The molecule has 2 atom stereocenters. The van der Waals surface area contributed by atoms with E-state index in [4.69, 9.17) is 16.7 Å². The van der Waals surface area contributed by atoms with Crippen LogP contribution < -0.4 is 5.32 Å². The summed E-state index contributed by atoms with van der Waals surface area (Å²) in [5.41, 5.74) is 0.792. The Morgan fingerprint density at radius 3 is 2.80 bits per heavy atom. The SMILES string of the molecule is CC(NC[C@H](C)O)c1ncc(Br)cc1Cl. The zero-order valence-corrected chi connectivity index (χ0v) is 11.0. The minimum Gasteiger partial charge on any atom is -0.392 e. The van der Waals surface area contributed by atoms with E-state index in [0.717, 1.165) is 10.2 Å². The molecule has 0 aliphatic carbocycles. The van der Waals surface area contributed by atoms with Gasteiger partial charge in [-0.15, -0.1) is 0 Å². The van der Waals surface area contributed by atoms with Crippen molar-refractivity contribution in [3.63, 3.8) is 0 Å². The number of aromatic nitrogens is 1. The molecule has 0 fully saturated rings. The van der Waals surface area contributed by atoms with Crippen LogP contribution in [0.4, 0.5) is 0 Å². The van der Waals surface area contributed by atoms with E-state index in [1.54, 1.807) is 13.1 Å². The van der Waals surface area contributed by atoms with Gasteiger partial charge in [0.1, 0.15) is 0 Å². The van der Waals surface area contributed by atoms with Gasteiger partial charge in [-0.1, -0.05) is 11.6 Å². The van der Waals surface area contributed by atoms with Crippen LogP contribution in [0.1, 0.15) is 25.6 Å². The van der Waals surface area contributed by atoms with E-state index in [1.165, 1.54) is 0 Å². The van der Waals surface area contributed by atoms with E-state index >= 15 is 0 Å². The van der Waals surface area contributed by atoms with Crippen LogP contribution >= 0.6 is 27.5 Å². The van der Waals surface area contributed by atoms with Crippen molar-refractivity contribution in [2.45, 2.75) is 26.0 Å². The average molecular weight is 294 g/mol. The number of nitrogens with one attached hydrogen (secondary N) is 1. The molecular weight excluding hydrogens is 279 g/mol. The Hall–Kier alpha value is -0.160. The Balaban J connectivity index is 2.69. The third kappa shape index (κ3) is 4.07. The van der Waals surface area contributed by atoms with Gasteiger partial charge in [0.15, 0.2) is 0 Å². The van der Waals surface area contributed by atoms with Crippen molar-refractivity contribution in [2.24, 2.45) is 0 Å². The third-order valence-electron chi connectivity index (χ3n) is 1.97. The van der Waals surface area contributed by atoms with Crippen LogP contribution in [0.25, 0.3) is 0 Å². The molecular formula is C10H14BrClN2O. The first-order chi connectivity index (χ1) is 7.00. The smallest absolute Gasteiger partial charge is 0.0757 e. The van der Waals surface area contributed by atoms with Gasteiger partial charge in [-0.3, -0.25) is 4.98 Å². The van der Waals surface area contributed by atoms with Crippen LogP contribution in [-0.2, 0) is 0 Å². The van der Waals surface area contributed by atoms with E-state index in [9.17, 15) is 0 Å². The normalized spacial score (nSPS) is 15.0. The van der Waals surface area contributed by atoms with Gasteiger partial charge in [-0.2, -0.15) is 0 Å². The van der Waals surface area contributed by atoms with Gasteiger partial charge in [-0.05, 0) is 35.8 Å². The summed E-state index contributed by atoms with van der Waals surface area (Å²) in [5.74, 6) is 0. The second kappa shape index (κ2) is 5.80. The van der Waals surface area contributed by atoms with Gasteiger partial charge in [0.2, 0.25) is 0 Å². The molecule has 84 valence electrons. The van der Waals surface area contributed by atoms with Crippen LogP contribution in [0.15, 0.2) is 16.7 Å². The van der Waals surface area contributed by atoms with E-state index in [1.807, 2.05) is 13.0 Å². The Kier molecular flexibility index (Phi) is 4.99. The molecule has 0 spiro atoms. The molecule has 0 aromatic carbocycles. The number of halogens is 2. The Morgan fingerprint density at radius 1 is 1.60 bits per heavy atom. The number of nitrogens with zero attached hydrogens (tertiary/aromatic N) is 1. The van der Waals surface area contributed by atoms with E-state index in [2.05, 4.69) is 26.2 Å². The highest BCUT2D eigenvalue weighted by molar-refractivity contribution is 9.10. The predicted octanol–water partition coefficient (Wildman–Crippen LogP) is 2.53. The van der Waals surface area contributed by atoms with Crippen molar-refractivity contribution < 1.29 is 5.11 Å². The third-order valence-corrected chi connectivity index (χ3v) is 2.70. The highest BCUT2D eigenvalue weighted by Crippen LogP contribution is 2.23. The molecule has 0 saturated heterocycles. The predicted molar refractivity (Wildman–Crippen MR) is 65.0 cm³/mol. The maximum absolute atomic E-state index is 9.14. The molecule has 0 aliphatic heterocycles. The zero-order valence-electron chi connectivity index (χ0n) is 8.67. The van der Waals surface area contributed by atoms with Gasteiger partial charge in [-0.25, -0.2) is 0 Å². The lowest BCUT2D eigenvalue weighted by molar-refractivity contribution is 0.187. The molecule has 0 bridgehead atoms. The summed E-state index contributed by atoms with van der Waals surface area (Å²) in [4.78, 5) is 4.23. The van der Waals surface area contributed by atoms with Crippen molar-refractivity contribution in [2.75, 3.05) is 6.54 Å². The molecule has 1 heterocycles. The molecule has 15 heavy (non-hydrogen) atoms. The molecule has 2 N–H and O–H groups in total. The van der Waals surface area contributed by atoms with Crippen LogP contribution in [0.2, 0.25) is 5.02 Å². The summed E-state index contributed by atoms with van der Waals surface area (Å²) in [6.07, 6.45) is 1.34. The fraction of sp³-hybridized carbons (Fsp3) is 0.500. The Bertz CT molecular complexity index is 333. The number of aliphatic hydroxyl groups excluding tert-OH is 1.